The summed E-state index contributed by atoms with van der Waals surface area (Å²) in [6, 6.07) is 10.4. The molecule has 0 unspecified atom stereocenters. The molecule has 0 bridgehead atoms. The van der Waals surface area contributed by atoms with Crippen LogP contribution in [0.25, 0.3) is 0 Å². The number of phenols is 1. The van der Waals surface area contributed by atoms with Crippen LogP contribution in [0.4, 0.5) is 11.4 Å². The number of anilines is 1. The van der Waals surface area contributed by atoms with Crippen molar-refractivity contribution in [2.24, 2.45) is 0 Å². The molecule has 0 saturated heterocycles. The average molecular weight is 384 g/mol. The predicted octanol–water partition coefficient (Wildman–Crippen LogP) is 3.16. The van der Waals surface area contributed by atoms with Crippen molar-refractivity contribution in [3.05, 3.63) is 61.7 Å². The van der Waals surface area contributed by atoms with Gasteiger partial charge in [0.1, 0.15) is 11.4 Å². The first-order valence-corrected chi connectivity index (χ1v) is 6.59. The molecule has 0 spiro atoms. The summed E-state index contributed by atoms with van der Waals surface area (Å²) in [5, 5.41) is 22.6. The van der Waals surface area contributed by atoms with Gasteiger partial charge in [0.2, 0.25) is 0 Å². The van der Waals surface area contributed by atoms with Crippen molar-refractivity contribution >= 4 is 39.9 Å². The highest BCUT2D eigenvalue weighted by Crippen LogP contribution is 2.28. The Morgan fingerprint density at radius 3 is 2.65 bits per heavy atom. The van der Waals surface area contributed by atoms with E-state index in [4.69, 9.17) is 0 Å². The zero-order chi connectivity index (χ0) is 14.7. The molecule has 102 valence electrons. The number of amides is 1. The first-order valence-electron chi connectivity index (χ1n) is 5.51. The Morgan fingerprint density at radius 1 is 1.25 bits per heavy atom. The number of hydrogen-bond acceptors (Lipinski definition) is 4. The second-order valence-corrected chi connectivity index (χ2v) is 5.17. The number of nitro benzene ring substituents is 1. The molecule has 6 nitrogen and oxygen atoms in total. The number of hydrogen-bond donors (Lipinski definition) is 2. The Hall–Kier alpha value is -2.16. The SMILES string of the molecule is O=C(Nc1ccc(O)cc1[N+](=O)[O-])c1cccc(I)c1. The van der Waals surface area contributed by atoms with Crippen LogP contribution in [0.5, 0.6) is 5.75 Å². The average Bonchev–Trinajstić information content (AvgIpc) is 2.40. The number of halogens is 1. The van der Waals surface area contributed by atoms with Gasteiger partial charge in [-0.2, -0.15) is 0 Å². The molecule has 0 radical (unpaired) electrons. The van der Waals surface area contributed by atoms with Crippen LogP contribution in [-0.2, 0) is 0 Å². The van der Waals surface area contributed by atoms with Crippen molar-refractivity contribution < 1.29 is 14.8 Å². The normalized spacial score (nSPS) is 10.1. The number of nitro groups is 1. The van der Waals surface area contributed by atoms with Crippen LogP contribution >= 0.6 is 22.6 Å². The maximum absolute atomic E-state index is 12.0. The third kappa shape index (κ3) is 3.23. The number of aromatic hydroxyl groups is 1. The lowest BCUT2D eigenvalue weighted by Gasteiger charge is -2.06. The van der Waals surface area contributed by atoms with Crippen molar-refractivity contribution in [3.63, 3.8) is 0 Å². The maximum Gasteiger partial charge on any atom is 0.296 e. The fourth-order valence-electron chi connectivity index (χ4n) is 1.60. The molecule has 2 aromatic rings. The molecule has 2 aromatic carbocycles. The summed E-state index contributed by atoms with van der Waals surface area (Å²) in [7, 11) is 0. The van der Waals surface area contributed by atoms with E-state index in [1.165, 1.54) is 12.1 Å². The minimum Gasteiger partial charge on any atom is -0.508 e. The number of phenolic OH excluding ortho intramolecular Hbond substituents is 1. The maximum atomic E-state index is 12.0. The van der Waals surface area contributed by atoms with Gasteiger partial charge in [0.15, 0.2) is 0 Å². The van der Waals surface area contributed by atoms with E-state index in [-0.39, 0.29) is 17.1 Å². The molecule has 7 heteroatoms. The molecule has 0 saturated carbocycles. The van der Waals surface area contributed by atoms with Crippen LogP contribution in [0.3, 0.4) is 0 Å². The van der Waals surface area contributed by atoms with Gasteiger partial charge < -0.3 is 10.4 Å². The predicted molar refractivity (Wildman–Crippen MR) is 81.9 cm³/mol. The van der Waals surface area contributed by atoms with Gasteiger partial charge in [-0.1, -0.05) is 6.07 Å². The Labute approximate surface area is 127 Å². The fourth-order valence-corrected chi connectivity index (χ4v) is 2.14. The lowest BCUT2D eigenvalue weighted by atomic mass is 10.2. The quantitative estimate of drug-likeness (QED) is 0.368. The molecule has 2 rings (SSSR count). The van der Waals surface area contributed by atoms with E-state index in [1.54, 1.807) is 18.2 Å². The van der Waals surface area contributed by atoms with E-state index in [2.05, 4.69) is 27.9 Å². The number of benzene rings is 2. The monoisotopic (exact) mass is 384 g/mol. The van der Waals surface area contributed by atoms with Gasteiger partial charge in [-0.05, 0) is 52.9 Å². The molecule has 1 amide bonds. The standard InChI is InChI=1S/C13H9IN2O4/c14-9-3-1-2-8(6-9)13(18)15-11-5-4-10(17)7-12(11)16(19)20/h1-7,17H,(H,15,18). The number of carbonyl (C=O) groups is 1. The molecule has 0 aliphatic heterocycles. The molecule has 0 aromatic heterocycles. The van der Waals surface area contributed by atoms with E-state index in [1.807, 2.05) is 6.07 Å². The number of nitrogens with one attached hydrogen (secondary N) is 1. The summed E-state index contributed by atoms with van der Waals surface area (Å²) in [4.78, 5) is 22.3. The zero-order valence-electron chi connectivity index (χ0n) is 10.0. The highest BCUT2D eigenvalue weighted by atomic mass is 127. The lowest BCUT2D eigenvalue weighted by molar-refractivity contribution is -0.384. The van der Waals surface area contributed by atoms with E-state index >= 15 is 0 Å². The second kappa shape index (κ2) is 5.87. The minimum atomic E-state index is -0.663. The molecule has 0 fully saturated rings. The number of rotatable bonds is 3. The van der Waals surface area contributed by atoms with Crippen LogP contribution in [-0.4, -0.2) is 15.9 Å². The van der Waals surface area contributed by atoms with Crippen LogP contribution < -0.4 is 5.32 Å². The van der Waals surface area contributed by atoms with Crippen LogP contribution in [0, 0.1) is 13.7 Å². The minimum absolute atomic E-state index is 0.0386. The Bertz CT molecular complexity index is 688. The van der Waals surface area contributed by atoms with Gasteiger partial charge in [0.25, 0.3) is 11.6 Å². The first-order chi connectivity index (χ1) is 9.47. The van der Waals surface area contributed by atoms with Gasteiger partial charge in [0, 0.05) is 9.13 Å². The Kier molecular flexibility index (Phi) is 4.18. The second-order valence-electron chi connectivity index (χ2n) is 3.92. The highest BCUT2D eigenvalue weighted by molar-refractivity contribution is 14.1. The van der Waals surface area contributed by atoms with Gasteiger partial charge in [0.05, 0.1) is 11.0 Å². The summed E-state index contributed by atoms with van der Waals surface area (Å²) < 4.78 is 0.885. The smallest absolute Gasteiger partial charge is 0.296 e. The van der Waals surface area contributed by atoms with Gasteiger partial charge in [-0.3, -0.25) is 14.9 Å². The third-order valence-corrected chi connectivity index (χ3v) is 3.18. The number of nitrogens with zero attached hydrogens (tertiary/aromatic N) is 1. The van der Waals surface area contributed by atoms with Crippen LogP contribution in [0.1, 0.15) is 10.4 Å². The molecular weight excluding hydrogens is 375 g/mol. The zero-order valence-corrected chi connectivity index (χ0v) is 12.2. The van der Waals surface area contributed by atoms with Crippen molar-refractivity contribution in [1.29, 1.82) is 0 Å². The van der Waals surface area contributed by atoms with Crippen molar-refractivity contribution in [2.45, 2.75) is 0 Å². The Morgan fingerprint density at radius 2 is 2.00 bits per heavy atom. The fraction of sp³-hybridized carbons (Fsp3) is 0. The van der Waals surface area contributed by atoms with E-state index in [9.17, 15) is 20.0 Å². The topological polar surface area (TPSA) is 92.5 Å². The van der Waals surface area contributed by atoms with Crippen molar-refractivity contribution in [3.8, 4) is 5.75 Å². The van der Waals surface area contributed by atoms with Crippen molar-refractivity contribution in [1.82, 2.24) is 0 Å². The molecule has 0 heterocycles. The lowest BCUT2D eigenvalue weighted by Crippen LogP contribution is -2.13. The number of carbonyl (C=O) groups excluding carboxylic acids is 1. The van der Waals surface area contributed by atoms with E-state index in [0.717, 1.165) is 9.64 Å². The molecule has 0 atom stereocenters. The van der Waals surface area contributed by atoms with E-state index in [0.29, 0.717) is 5.56 Å². The summed E-state index contributed by atoms with van der Waals surface area (Å²) >= 11 is 2.07. The highest BCUT2D eigenvalue weighted by Gasteiger charge is 2.17. The molecular formula is C13H9IN2O4. The molecule has 0 aliphatic rings. The summed E-state index contributed by atoms with van der Waals surface area (Å²) in [5.74, 6) is -0.679. The van der Waals surface area contributed by atoms with Gasteiger partial charge >= 0.3 is 0 Å². The largest absolute Gasteiger partial charge is 0.508 e. The summed E-state index contributed by atoms with van der Waals surface area (Å²) in [6.07, 6.45) is 0. The summed E-state index contributed by atoms with van der Waals surface area (Å²) in [6.45, 7) is 0. The third-order valence-electron chi connectivity index (χ3n) is 2.51. The molecule has 0 aliphatic carbocycles. The van der Waals surface area contributed by atoms with Crippen molar-refractivity contribution in [2.75, 3.05) is 5.32 Å². The summed E-state index contributed by atoms with van der Waals surface area (Å²) in [5.41, 5.74) is 0.0833. The Balaban J connectivity index is 2.30. The van der Waals surface area contributed by atoms with Gasteiger partial charge in [-0.15, -0.1) is 0 Å². The van der Waals surface area contributed by atoms with Gasteiger partial charge in [-0.25, -0.2) is 0 Å². The van der Waals surface area contributed by atoms with Crippen LogP contribution in [0.2, 0.25) is 0 Å². The molecule has 2 N–H and O–H groups in total. The van der Waals surface area contributed by atoms with E-state index < -0.39 is 10.8 Å². The molecule has 20 heavy (non-hydrogen) atoms. The first kappa shape index (κ1) is 14.3. The van der Waals surface area contributed by atoms with Crippen LogP contribution in [0.15, 0.2) is 42.5 Å².